The quantitative estimate of drug-likeness (QED) is 0.838. The fraction of sp³-hybridized carbons (Fsp3) is 0.143. The Morgan fingerprint density at radius 3 is 2.70 bits per heavy atom. The van der Waals surface area contributed by atoms with Gasteiger partial charge in [0.2, 0.25) is 0 Å². The highest BCUT2D eigenvalue weighted by atomic mass is 79.9. The van der Waals surface area contributed by atoms with Crippen LogP contribution in [0.25, 0.3) is 0 Å². The molecule has 0 saturated heterocycles. The lowest BCUT2D eigenvalue weighted by atomic mass is 10.2. The minimum absolute atomic E-state index is 0.272. The van der Waals surface area contributed by atoms with Crippen molar-refractivity contribution in [2.24, 2.45) is 0 Å². The van der Waals surface area contributed by atoms with Gasteiger partial charge < -0.3 is 15.8 Å². The summed E-state index contributed by atoms with van der Waals surface area (Å²) >= 11 is 3.36. The number of hydrogen-bond acceptors (Lipinski definition) is 5. The Morgan fingerprint density at radius 1 is 1.35 bits per heavy atom. The lowest BCUT2D eigenvalue weighted by Gasteiger charge is -2.11. The highest BCUT2D eigenvalue weighted by Crippen LogP contribution is 2.25. The van der Waals surface area contributed by atoms with Crippen molar-refractivity contribution in [2.45, 2.75) is 6.92 Å². The van der Waals surface area contributed by atoms with Crippen molar-refractivity contribution in [3.8, 4) is 0 Å². The number of carbonyl (C=O) groups is 1. The molecule has 0 aliphatic carbocycles. The molecule has 0 aliphatic rings. The standard InChI is InChI=1S/C14H14BrN3O2/c1-2-20-14(19)11-7-8-17-13(12(11)16)18-10-5-3-9(15)4-6-10/h3-8H,2,16H2,1H3,(H,17,18). The Kier molecular flexibility index (Phi) is 4.57. The predicted molar refractivity (Wildman–Crippen MR) is 82.0 cm³/mol. The Balaban J connectivity index is 2.26. The summed E-state index contributed by atoms with van der Waals surface area (Å²) in [7, 11) is 0. The van der Waals surface area contributed by atoms with Crippen molar-refractivity contribution in [1.82, 2.24) is 4.98 Å². The highest BCUT2D eigenvalue weighted by molar-refractivity contribution is 9.10. The summed E-state index contributed by atoms with van der Waals surface area (Å²) in [5, 5.41) is 3.07. The van der Waals surface area contributed by atoms with E-state index in [2.05, 4.69) is 26.2 Å². The number of nitrogen functional groups attached to an aromatic ring is 1. The van der Waals surface area contributed by atoms with E-state index in [0.29, 0.717) is 18.0 Å². The second-order valence-corrected chi connectivity index (χ2v) is 4.89. The molecule has 0 amide bonds. The summed E-state index contributed by atoms with van der Waals surface area (Å²) in [4.78, 5) is 15.9. The Morgan fingerprint density at radius 2 is 2.05 bits per heavy atom. The fourth-order valence-electron chi connectivity index (χ4n) is 1.63. The van der Waals surface area contributed by atoms with Crippen LogP contribution in [0.3, 0.4) is 0 Å². The first-order valence-corrected chi connectivity index (χ1v) is 6.85. The molecule has 0 atom stereocenters. The lowest BCUT2D eigenvalue weighted by molar-refractivity contribution is 0.0527. The molecule has 0 unspecified atom stereocenters. The van der Waals surface area contributed by atoms with Gasteiger partial charge in [-0.2, -0.15) is 0 Å². The Labute approximate surface area is 125 Å². The summed E-state index contributed by atoms with van der Waals surface area (Å²) < 4.78 is 5.93. The van der Waals surface area contributed by atoms with Gasteiger partial charge in [0.25, 0.3) is 0 Å². The average molecular weight is 336 g/mol. The summed E-state index contributed by atoms with van der Waals surface area (Å²) in [5.41, 5.74) is 7.36. The summed E-state index contributed by atoms with van der Waals surface area (Å²) in [6.07, 6.45) is 1.52. The van der Waals surface area contributed by atoms with E-state index >= 15 is 0 Å². The first-order chi connectivity index (χ1) is 9.61. The van der Waals surface area contributed by atoms with Gasteiger partial charge in [0.05, 0.1) is 17.9 Å². The molecule has 1 aromatic heterocycles. The van der Waals surface area contributed by atoms with Crippen molar-refractivity contribution in [2.75, 3.05) is 17.7 Å². The summed E-state index contributed by atoms with van der Waals surface area (Å²) in [5.74, 6) is -0.0240. The van der Waals surface area contributed by atoms with Crippen LogP contribution in [0.4, 0.5) is 17.2 Å². The lowest BCUT2D eigenvalue weighted by Crippen LogP contribution is -2.10. The number of nitrogens with two attached hydrogens (primary N) is 1. The number of rotatable bonds is 4. The van der Waals surface area contributed by atoms with Gasteiger partial charge >= 0.3 is 5.97 Å². The molecule has 104 valence electrons. The maximum atomic E-state index is 11.8. The van der Waals surface area contributed by atoms with E-state index in [1.165, 1.54) is 6.20 Å². The fourth-order valence-corrected chi connectivity index (χ4v) is 1.89. The van der Waals surface area contributed by atoms with Crippen LogP contribution in [0.5, 0.6) is 0 Å². The summed E-state index contributed by atoms with van der Waals surface area (Å²) in [6.45, 7) is 2.05. The number of esters is 1. The van der Waals surface area contributed by atoms with Gasteiger partial charge in [-0.05, 0) is 37.3 Å². The van der Waals surface area contributed by atoms with Crippen LogP contribution in [0, 0.1) is 0 Å². The van der Waals surface area contributed by atoms with Crippen LogP contribution in [-0.2, 0) is 4.74 Å². The van der Waals surface area contributed by atoms with E-state index in [-0.39, 0.29) is 5.69 Å². The van der Waals surface area contributed by atoms with Crippen LogP contribution in [0.2, 0.25) is 0 Å². The third-order valence-corrected chi connectivity index (χ3v) is 3.12. The van der Waals surface area contributed by atoms with Gasteiger partial charge in [-0.3, -0.25) is 0 Å². The molecule has 1 aromatic carbocycles. The van der Waals surface area contributed by atoms with Gasteiger partial charge in [0, 0.05) is 16.4 Å². The number of nitrogens with zero attached hydrogens (tertiary/aromatic N) is 1. The zero-order chi connectivity index (χ0) is 14.5. The van der Waals surface area contributed by atoms with Gasteiger partial charge in [-0.15, -0.1) is 0 Å². The molecule has 6 heteroatoms. The van der Waals surface area contributed by atoms with Crippen LogP contribution in [0.1, 0.15) is 17.3 Å². The van der Waals surface area contributed by atoms with E-state index in [9.17, 15) is 4.79 Å². The van der Waals surface area contributed by atoms with E-state index < -0.39 is 5.97 Å². The number of ether oxygens (including phenoxy) is 1. The highest BCUT2D eigenvalue weighted by Gasteiger charge is 2.14. The normalized spacial score (nSPS) is 10.1. The predicted octanol–water partition coefficient (Wildman–Crippen LogP) is 3.35. The molecule has 0 bridgehead atoms. The number of carbonyl (C=O) groups excluding carboxylic acids is 1. The molecule has 0 saturated carbocycles. The van der Waals surface area contributed by atoms with Crippen molar-refractivity contribution in [3.63, 3.8) is 0 Å². The molecular formula is C14H14BrN3O2. The van der Waals surface area contributed by atoms with Crippen LogP contribution in [-0.4, -0.2) is 17.6 Å². The molecular weight excluding hydrogens is 322 g/mol. The van der Waals surface area contributed by atoms with Crippen molar-refractivity contribution in [3.05, 3.63) is 46.6 Å². The second kappa shape index (κ2) is 6.38. The molecule has 3 N–H and O–H groups in total. The SMILES string of the molecule is CCOC(=O)c1ccnc(Nc2ccc(Br)cc2)c1N. The number of nitrogens with one attached hydrogen (secondary N) is 1. The van der Waals surface area contributed by atoms with Crippen LogP contribution in [0.15, 0.2) is 41.0 Å². The van der Waals surface area contributed by atoms with Gasteiger partial charge in [-0.1, -0.05) is 15.9 Å². The number of hydrogen-bond donors (Lipinski definition) is 2. The topological polar surface area (TPSA) is 77.2 Å². The Hall–Kier alpha value is -2.08. The minimum Gasteiger partial charge on any atom is -0.462 e. The largest absolute Gasteiger partial charge is 0.462 e. The zero-order valence-electron chi connectivity index (χ0n) is 10.9. The second-order valence-electron chi connectivity index (χ2n) is 3.97. The number of aromatic nitrogens is 1. The molecule has 0 aliphatic heterocycles. The summed E-state index contributed by atoms with van der Waals surface area (Å²) in [6, 6.07) is 9.09. The number of halogens is 1. The molecule has 5 nitrogen and oxygen atoms in total. The first kappa shape index (κ1) is 14.3. The minimum atomic E-state index is -0.453. The molecule has 20 heavy (non-hydrogen) atoms. The third kappa shape index (κ3) is 3.27. The molecule has 0 spiro atoms. The molecule has 1 heterocycles. The van der Waals surface area contributed by atoms with Crippen molar-refractivity contribution < 1.29 is 9.53 Å². The van der Waals surface area contributed by atoms with Gasteiger partial charge in [0.1, 0.15) is 0 Å². The maximum Gasteiger partial charge on any atom is 0.340 e. The molecule has 2 aromatic rings. The monoisotopic (exact) mass is 335 g/mol. The zero-order valence-corrected chi connectivity index (χ0v) is 12.5. The number of benzene rings is 1. The third-order valence-electron chi connectivity index (χ3n) is 2.59. The van der Waals surface area contributed by atoms with Crippen LogP contribution < -0.4 is 11.1 Å². The number of pyridine rings is 1. The van der Waals surface area contributed by atoms with E-state index in [1.807, 2.05) is 24.3 Å². The molecule has 2 rings (SSSR count). The number of anilines is 3. The van der Waals surface area contributed by atoms with E-state index in [0.717, 1.165) is 10.2 Å². The molecule has 0 fully saturated rings. The smallest absolute Gasteiger partial charge is 0.340 e. The van der Waals surface area contributed by atoms with Crippen LogP contribution >= 0.6 is 15.9 Å². The van der Waals surface area contributed by atoms with Crippen molar-refractivity contribution in [1.29, 1.82) is 0 Å². The van der Waals surface area contributed by atoms with Gasteiger partial charge in [-0.25, -0.2) is 9.78 Å². The van der Waals surface area contributed by atoms with E-state index in [1.54, 1.807) is 13.0 Å². The molecule has 0 radical (unpaired) electrons. The Bertz CT molecular complexity index is 614. The van der Waals surface area contributed by atoms with E-state index in [4.69, 9.17) is 10.5 Å². The first-order valence-electron chi connectivity index (χ1n) is 6.06. The average Bonchev–Trinajstić information content (AvgIpc) is 2.44. The van der Waals surface area contributed by atoms with Crippen molar-refractivity contribution >= 4 is 39.1 Å². The van der Waals surface area contributed by atoms with Gasteiger partial charge in [0.15, 0.2) is 5.82 Å². The maximum absolute atomic E-state index is 11.8.